The number of carbonyl (C=O) groups excluding carboxylic acids is 4. The molecule has 2 rings (SSSR count). The van der Waals surface area contributed by atoms with Crippen LogP contribution in [0.15, 0.2) is 42.5 Å². The van der Waals surface area contributed by atoms with Gasteiger partial charge in [-0.3, -0.25) is 14.4 Å². The third kappa shape index (κ3) is 9.70. The first-order valence-corrected chi connectivity index (χ1v) is 13.8. The third-order valence-corrected chi connectivity index (χ3v) is 6.37. The van der Waals surface area contributed by atoms with Crippen LogP contribution in [-0.2, 0) is 19.1 Å². The molecule has 4 amide bonds. The fourth-order valence-electron chi connectivity index (χ4n) is 4.37. The van der Waals surface area contributed by atoms with E-state index in [1.165, 1.54) is 4.90 Å². The van der Waals surface area contributed by atoms with Gasteiger partial charge in [-0.15, -0.1) is 0 Å². The molecule has 0 saturated heterocycles. The molecule has 0 aliphatic heterocycles. The van der Waals surface area contributed by atoms with Gasteiger partial charge in [-0.2, -0.15) is 0 Å². The zero-order valence-electron chi connectivity index (χ0n) is 24.8. The minimum absolute atomic E-state index is 0.233. The Morgan fingerprint density at radius 3 is 2.25 bits per heavy atom. The second-order valence-electron chi connectivity index (χ2n) is 11.2. The van der Waals surface area contributed by atoms with Gasteiger partial charge in [-0.05, 0) is 70.7 Å². The second kappa shape index (κ2) is 14.5. The highest BCUT2D eigenvalue weighted by molar-refractivity contribution is 6.00. The molecule has 9 nitrogen and oxygen atoms in total. The molecule has 0 aromatic heterocycles. The lowest BCUT2D eigenvalue weighted by molar-refractivity contribution is -0.142. The average molecular weight is 553 g/mol. The number of hydrogen-bond donors (Lipinski definition) is 3. The highest BCUT2D eigenvalue weighted by Crippen LogP contribution is 2.29. The van der Waals surface area contributed by atoms with Crippen LogP contribution in [0.3, 0.4) is 0 Å². The molecule has 0 saturated carbocycles. The van der Waals surface area contributed by atoms with Crippen molar-refractivity contribution in [2.75, 3.05) is 11.9 Å². The summed E-state index contributed by atoms with van der Waals surface area (Å²) in [7, 11) is 0. The number of carbonyl (C=O) groups is 4. The molecule has 4 N–H and O–H groups in total. The van der Waals surface area contributed by atoms with Gasteiger partial charge in [0.15, 0.2) is 0 Å². The van der Waals surface area contributed by atoms with E-state index in [4.69, 9.17) is 10.5 Å². The van der Waals surface area contributed by atoms with Crippen LogP contribution < -0.4 is 16.4 Å². The summed E-state index contributed by atoms with van der Waals surface area (Å²) in [6.07, 6.45) is 1.04. The molecule has 2 unspecified atom stereocenters. The summed E-state index contributed by atoms with van der Waals surface area (Å²) >= 11 is 0. The Balaban J connectivity index is 2.61. The molecule has 2 aromatic rings. The van der Waals surface area contributed by atoms with Crippen molar-refractivity contribution in [3.8, 4) is 0 Å². The zero-order chi connectivity index (χ0) is 30.0. The maximum absolute atomic E-state index is 14.2. The molecule has 0 aliphatic carbocycles. The summed E-state index contributed by atoms with van der Waals surface area (Å²) in [5.74, 6) is -1.76. The minimum Gasteiger partial charge on any atom is -0.444 e. The van der Waals surface area contributed by atoms with E-state index in [0.29, 0.717) is 17.7 Å². The number of rotatable bonds is 12. The Labute approximate surface area is 237 Å². The number of para-hydroxylation sites is 1. The molecule has 0 spiro atoms. The second-order valence-corrected chi connectivity index (χ2v) is 11.2. The lowest BCUT2D eigenvalue weighted by atomic mass is 9.95. The number of hydrogen-bond acceptors (Lipinski definition) is 5. The van der Waals surface area contributed by atoms with Crippen molar-refractivity contribution >= 4 is 29.5 Å². The van der Waals surface area contributed by atoms with E-state index in [1.807, 2.05) is 64.1 Å². The van der Waals surface area contributed by atoms with E-state index in [2.05, 4.69) is 10.6 Å². The van der Waals surface area contributed by atoms with E-state index in [9.17, 15) is 19.2 Å². The van der Waals surface area contributed by atoms with Crippen LogP contribution >= 0.6 is 0 Å². The molecule has 0 fully saturated rings. The first-order valence-electron chi connectivity index (χ1n) is 13.8. The summed E-state index contributed by atoms with van der Waals surface area (Å²) in [6, 6.07) is 10.8. The normalized spacial score (nSPS) is 12.7. The van der Waals surface area contributed by atoms with Gasteiger partial charge in [0.25, 0.3) is 5.91 Å². The van der Waals surface area contributed by atoms with E-state index >= 15 is 0 Å². The van der Waals surface area contributed by atoms with Crippen LogP contribution in [0, 0.1) is 20.8 Å². The van der Waals surface area contributed by atoms with Gasteiger partial charge in [-0.25, -0.2) is 4.79 Å². The minimum atomic E-state index is -1.31. The smallest absolute Gasteiger partial charge is 0.408 e. The van der Waals surface area contributed by atoms with E-state index < -0.39 is 47.9 Å². The van der Waals surface area contributed by atoms with Crippen LogP contribution in [0.1, 0.15) is 81.7 Å². The van der Waals surface area contributed by atoms with Gasteiger partial charge >= 0.3 is 6.09 Å². The summed E-state index contributed by atoms with van der Waals surface area (Å²) < 4.78 is 5.35. The Kier molecular flexibility index (Phi) is 11.7. The monoisotopic (exact) mass is 552 g/mol. The van der Waals surface area contributed by atoms with Crippen molar-refractivity contribution in [1.82, 2.24) is 10.2 Å². The Bertz CT molecular complexity index is 1200. The number of aryl methyl sites for hydroxylation is 3. The van der Waals surface area contributed by atoms with E-state index in [1.54, 1.807) is 26.8 Å². The predicted octanol–water partition coefficient (Wildman–Crippen LogP) is 5.08. The number of nitrogens with two attached hydrogens (primary N) is 1. The molecule has 40 heavy (non-hydrogen) atoms. The van der Waals surface area contributed by atoms with Crippen molar-refractivity contribution < 1.29 is 23.9 Å². The highest BCUT2D eigenvalue weighted by atomic mass is 16.6. The fourth-order valence-corrected chi connectivity index (χ4v) is 4.37. The van der Waals surface area contributed by atoms with Crippen LogP contribution in [-0.4, -0.2) is 46.9 Å². The van der Waals surface area contributed by atoms with Crippen LogP contribution in [0.2, 0.25) is 0 Å². The number of unbranched alkanes of at least 4 members (excludes halogenated alkanes) is 2. The molecule has 0 heterocycles. The lowest BCUT2D eigenvalue weighted by Gasteiger charge is -2.35. The molecular weight excluding hydrogens is 508 g/mol. The van der Waals surface area contributed by atoms with E-state index in [0.717, 1.165) is 29.5 Å². The molecule has 9 heteroatoms. The fraction of sp³-hybridized carbons (Fsp3) is 0.484. The van der Waals surface area contributed by atoms with Gasteiger partial charge in [0.1, 0.15) is 17.7 Å². The standard InChI is InChI=1S/C31H44N4O5/c1-8-9-12-17-35(29(38)25(19-26(32)36)34-30(39)40-31(5,6)7)27(23-18-20(2)15-16-21(23)3)28(37)33-24-14-11-10-13-22(24)4/h10-11,13-16,18,25,27H,8-9,12,17,19H2,1-7H3,(H2,32,36)(H,33,37)(H,34,39). The predicted molar refractivity (Wildman–Crippen MR) is 157 cm³/mol. The van der Waals surface area contributed by atoms with Gasteiger partial charge in [0.05, 0.1) is 6.42 Å². The number of benzene rings is 2. The Morgan fingerprint density at radius 2 is 1.65 bits per heavy atom. The van der Waals surface area contributed by atoms with Gasteiger partial charge in [-0.1, -0.05) is 61.7 Å². The quantitative estimate of drug-likeness (QED) is 0.316. The van der Waals surface area contributed by atoms with Crippen molar-refractivity contribution in [3.05, 3.63) is 64.7 Å². The summed E-state index contributed by atoms with van der Waals surface area (Å²) in [5.41, 5.74) is 8.58. The third-order valence-electron chi connectivity index (χ3n) is 6.37. The Hall–Kier alpha value is -3.88. The van der Waals surface area contributed by atoms with Gasteiger partial charge < -0.3 is 26.0 Å². The number of ether oxygens (including phenoxy) is 1. The molecule has 0 bridgehead atoms. The number of nitrogens with zero attached hydrogens (tertiary/aromatic N) is 1. The molecule has 2 aromatic carbocycles. The number of nitrogens with one attached hydrogen (secondary N) is 2. The average Bonchev–Trinajstić information content (AvgIpc) is 2.84. The van der Waals surface area contributed by atoms with Crippen LogP contribution in [0.4, 0.5) is 10.5 Å². The largest absolute Gasteiger partial charge is 0.444 e. The SMILES string of the molecule is CCCCCN(C(=O)C(CC(N)=O)NC(=O)OC(C)(C)C)C(C(=O)Nc1ccccc1C)c1cc(C)ccc1C. The zero-order valence-corrected chi connectivity index (χ0v) is 24.8. The van der Waals surface area contributed by atoms with Crippen molar-refractivity contribution in [2.45, 2.75) is 91.8 Å². The highest BCUT2D eigenvalue weighted by Gasteiger charge is 2.37. The van der Waals surface area contributed by atoms with Crippen molar-refractivity contribution in [1.29, 1.82) is 0 Å². The molecule has 0 aliphatic rings. The maximum atomic E-state index is 14.2. The number of anilines is 1. The van der Waals surface area contributed by atoms with Crippen molar-refractivity contribution in [2.24, 2.45) is 5.73 Å². The lowest BCUT2D eigenvalue weighted by Crippen LogP contribution is -2.53. The van der Waals surface area contributed by atoms with Crippen LogP contribution in [0.25, 0.3) is 0 Å². The van der Waals surface area contributed by atoms with Crippen LogP contribution in [0.5, 0.6) is 0 Å². The van der Waals surface area contributed by atoms with E-state index in [-0.39, 0.29) is 6.54 Å². The van der Waals surface area contributed by atoms with Gasteiger partial charge in [0.2, 0.25) is 11.8 Å². The number of primary amides is 1. The first kappa shape index (κ1) is 32.3. The Morgan fingerprint density at radius 1 is 0.975 bits per heavy atom. The summed E-state index contributed by atoms with van der Waals surface area (Å²) in [4.78, 5) is 54.3. The summed E-state index contributed by atoms with van der Waals surface area (Å²) in [5, 5.41) is 5.52. The molecule has 218 valence electrons. The molecular formula is C31H44N4O5. The molecule has 2 atom stereocenters. The number of alkyl carbamates (subject to hydrolysis) is 1. The van der Waals surface area contributed by atoms with Crippen molar-refractivity contribution in [3.63, 3.8) is 0 Å². The molecule has 0 radical (unpaired) electrons. The first-order chi connectivity index (χ1) is 18.7. The summed E-state index contributed by atoms with van der Waals surface area (Å²) in [6.45, 7) is 13.1. The maximum Gasteiger partial charge on any atom is 0.408 e. The topological polar surface area (TPSA) is 131 Å². The van der Waals surface area contributed by atoms with Gasteiger partial charge in [0, 0.05) is 12.2 Å². The number of amides is 4.